The minimum absolute atomic E-state index is 0.00821. The van der Waals surface area contributed by atoms with E-state index in [0.29, 0.717) is 5.69 Å². The highest BCUT2D eigenvalue weighted by atomic mass is 32.1. The first kappa shape index (κ1) is 16.2. The van der Waals surface area contributed by atoms with Crippen molar-refractivity contribution in [1.29, 1.82) is 0 Å². The van der Waals surface area contributed by atoms with E-state index >= 15 is 0 Å². The molecule has 0 fully saturated rings. The van der Waals surface area contributed by atoms with Crippen LogP contribution in [-0.2, 0) is 16.0 Å². The number of amides is 2. The summed E-state index contributed by atoms with van der Waals surface area (Å²) in [5, 5.41) is 9.66. The van der Waals surface area contributed by atoms with E-state index in [2.05, 4.69) is 16.0 Å². The topological polar surface area (TPSA) is 58.2 Å². The standard InChI is InChI=1S/C17H20N2O2S/c1-12-4-3-5-15(8-12)19-17(21)10-16(20)18-13(2)9-14-6-7-22-11-14/h3-8,11,13H,9-10H2,1-2H3,(H,18,20)(H,19,21). The average Bonchev–Trinajstić information content (AvgIpc) is 2.90. The van der Waals surface area contributed by atoms with Crippen LogP contribution >= 0.6 is 11.3 Å². The zero-order valence-corrected chi connectivity index (χ0v) is 13.6. The lowest BCUT2D eigenvalue weighted by molar-refractivity contribution is -0.127. The number of benzene rings is 1. The normalized spacial score (nSPS) is 11.7. The van der Waals surface area contributed by atoms with Crippen molar-refractivity contribution in [1.82, 2.24) is 5.32 Å². The molecule has 0 saturated carbocycles. The third-order valence-corrected chi connectivity index (χ3v) is 3.88. The van der Waals surface area contributed by atoms with Crippen LogP contribution in [0.4, 0.5) is 5.69 Å². The highest BCUT2D eigenvalue weighted by Crippen LogP contribution is 2.10. The molecule has 22 heavy (non-hydrogen) atoms. The monoisotopic (exact) mass is 316 g/mol. The van der Waals surface area contributed by atoms with Gasteiger partial charge in [0, 0.05) is 11.7 Å². The summed E-state index contributed by atoms with van der Waals surface area (Å²) >= 11 is 1.64. The van der Waals surface area contributed by atoms with Crippen LogP contribution < -0.4 is 10.6 Å². The van der Waals surface area contributed by atoms with Gasteiger partial charge in [0.1, 0.15) is 6.42 Å². The Labute approximate surface area is 134 Å². The molecule has 1 atom stereocenters. The van der Waals surface area contributed by atoms with Crippen molar-refractivity contribution in [2.24, 2.45) is 0 Å². The second-order valence-electron chi connectivity index (χ2n) is 5.40. The molecular weight excluding hydrogens is 296 g/mol. The molecule has 2 rings (SSSR count). The number of carbonyl (C=O) groups is 2. The number of rotatable bonds is 6. The van der Waals surface area contributed by atoms with E-state index in [4.69, 9.17) is 0 Å². The molecule has 5 heteroatoms. The summed E-state index contributed by atoms with van der Waals surface area (Å²) in [6.45, 7) is 3.89. The summed E-state index contributed by atoms with van der Waals surface area (Å²) in [6.07, 6.45) is 0.608. The molecule has 0 aliphatic rings. The molecule has 116 valence electrons. The zero-order valence-electron chi connectivity index (χ0n) is 12.8. The number of hydrogen-bond acceptors (Lipinski definition) is 3. The maximum absolute atomic E-state index is 11.9. The van der Waals surface area contributed by atoms with Crippen molar-refractivity contribution in [3.63, 3.8) is 0 Å². The summed E-state index contributed by atoms with van der Waals surface area (Å²) in [6, 6.07) is 9.55. The molecule has 2 aromatic rings. The fraction of sp³-hybridized carbons (Fsp3) is 0.294. The summed E-state index contributed by atoms with van der Waals surface area (Å²) in [5.41, 5.74) is 2.97. The second-order valence-corrected chi connectivity index (χ2v) is 6.18. The van der Waals surface area contributed by atoms with Gasteiger partial charge in [0.05, 0.1) is 0 Å². The van der Waals surface area contributed by atoms with Crippen molar-refractivity contribution in [2.45, 2.75) is 32.7 Å². The Bertz CT molecular complexity index is 638. The first-order valence-electron chi connectivity index (χ1n) is 7.20. The Morgan fingerprint density at radius 1 is 1.23 bits per heavy atom. The number of hydrogen-bond donors (Lipinski definition) is 2. The maximum atomic E-state index is 11.9. The Hall–Kier alpha value is -2.14. The summed E-state index contributed by atoms with van der Waals surface area (Å²) in [4.78, 5) is 23.7. The smallest absolute Gasteiger partial charge is 0.233 e. The van der Waals surface area contributed by atoms with Gasteiger partial charge in [-0.1, -0.05) is 12.1 Å². The molecule has 0 bridgehead atoms. The number of nitrogens with one attached hydrogen (secondary N) is 2. The molecule has 4 nitrogen and oxygen atoms in total. The molecular formula is C17H20N2O2S. The van der Waals surface area contributed by atoms with Crippen LogP contribution in [0.1, 0.15) is 24.5 Å². The summed E-state index contributed by atoms with van der Waals surface area (Å²) in [5.74, 6) is -0.557. The van der Waals surface area contributed by atoms with Crippen molar-refractivity contribution in [3.05, 3.63) is 52.2 Å². The van der Waals surface area contributed by atoms with Gasteiger partial charge in [-0.2, -0.15) is 11.3 Å². The van der Waals surface area contributed by atoms with Crippen LogP contribution in [0.15, 0.2) is 41.1 Å². The lowest BCUT2D eigenvalue weighted by Crippen LogP contribution is -2.36. The Morgan fingerprint density at radius 2 is 2.05 bits per heavy atom. The molecule has 0 spiro atoms. The highest BCUT2D eigenvalue weighted by Gasteiger charge is 2.13. The molecule has 0 aliphatic heterocycles. The zero-order chi connectivity index (χ0) is 15.9. The van der Waals surface area contributed by atoms with Crippen LogP contribution in [0.25, 0.3) is 0 Å². The summed E-state index contributed by atoms with van der Waals surface area (Å²) < 4.78 is 0. The van der Waals surface area contributed by atoms with Crippen LogP contribution in [0, 0.1) is 6.92 Å². The number of thiophene rings is 1. The van der Waals surface area contributed by atoms with Crippen LogP contribution in [0.2, 0.25) is 0 Å². The van der Waals surface area contributed by atoms with Gasteiger partial charge < -0.3 is 10.6 Å². The van der Waals surface area contributed by atoms with Crippen LogP contribution in [0.3, 0.4) is 0 Å². The van der Waals surface area contributed by atoms with Gasteiger partial charge in [0.15, 0.2) is 0 Å². The average molecular weight is 316 g/mol. The maximum Gasteiger partial charge on any atom is 0.233 e. The van der Waals surface area contributed by atoms with Gasteiger partial charge in [-0.15, -0.1) is 0 Å². The number of carbonyl (C=O) groups excluding carboxylic acids is 2. The van der Waals surface area contributed by atoms with E-state index < -0.39 is 0 Å². The molecule has 1 heterocycles. The molecule has 0 saturated heterocycles. The first-order valence-corrected chi connectivity index (χ1v) is 8.14. The van der Waals surface area contributed by atoms with Crippen molar-refractivity contribution in [2.75, 3.05) is 5.32 Å². The Kier molecular flexibility index (Phi) is 5.72. The van der Waals surface area contributed by atoms with Gasteiger partial charge in [-0.3, -0.25) is 9.59 Å². The second kappa shape index (κ2) is 7.75. The van der Waals surface area contributed by atoms with E-state index in [9.17, 15) is 9.59 Å². The minimum atomic E-state index is -0.300. The SMILES string of the molecule is Cc1cccc(NC(=O)CC(=O)NC(C)Cc2ccsc2)c1. The minimum Gasteiger partial charge on any atom is -0.353 e. The van der Waals surface area contributed by atoms with E-state index in [1.807, 2.05) is 49.6 Å². The van der Waals surface area contributed by atoms with Gasteiger partial charge >= 0.3 is 0 Å². The van der Waals surface area contributed by atoms with E-state index in [1.54, 1.807) is 11.3 Å². The molecule has 2 amide bonds. The van der Waals surface area contributed by atoms with Crippen molar-refractivity contribution in [3.8, 4) is 0 Å². The molecule has 0 radical (unpaired) electrons. The van der Waals surface area contributed by atoms with Crippen LogP contribution in [-0.4, -0.2) is 17.9 Å². The van der Waals surface area contributed by atoms with Gasteiger partial charge in [-0.25, -0.2) is 0 Å². The molecule has 2 N–H and O–H groups in total. The lowest BCUT2D eigenvalue weighted by Gasteiger charge is -2.13. The first-order chi connectivity index (χ1) is 10.5. The van der Waals surface area contributed by atoms with Crippen LogP contribution in [0.5, 0.6) is 0 Å². The third-order valence-electron chi connectivity index (χ3n) is 3.15. The quantitative estimate of drug-likeness (QED) is 0.804. The van der Waals surface area contributed by atoms with Gasteiger partial charge in [-0.05, 0) is 60.4 Å². The van der Waals surface area contributed by atoms with Gasteiger partial charge in [0.25, 0.3) is 0 Å². The third kappa shape index (κ3) is 5.33. The highest BCUT2D eigenvalue weighted by molar-refractivity contribution is 7.07. The molecule has 1 unspecified atom stereocenters. The van der Waals surface area contributed by atoms with Crippen molar-refractivity contribution >= 4 is 28.8 Å². The summed E-state index contributed by atoms with van der Waals surface area (Å²) in [7, 11) is 0. The fourth-order valence-corrected chi connectivity index (χ4v) is 2.89. The molecule has 0 aliphatic carbocycles. The predicted molar refractivity (Wildman–Crippen MR) is 90.1 cm³/mol. The van der Waals surface area contributed by atoms with E-state index in [-0.39, 0.29) is 24.3 Å². The van der Waals surface area contributed by atoms with Gasteiger partial charge in [0.2, 0.25) is 11.8 Å². The van der Waals surface area contributed by atoms with Crippen molar-refractivity contribution < 1.29 is 9.59 Å². The van der Waals surface area contributed by atoms with E-state index in [1.165, 1.54) is 5.56 Å². The predicted octanol–water partition coefficient (Wildman–Crippen LogP) is 3.13. The number of aryl methyl sites for hydroxylation is 1. The Balaban J connectivity index is 1.77. The molecule has 1 aromatic carbocycles. The van der Waals surface area contributed by atoms with E-state index in [0.717, 1.165) is 12.0 Å². The number of anilines is 1. The lowest BCUT2D eigenvalue weighted by atomic mass is 10.1. The molecule has 1 aromatic heterocycles. The fourth-order valence-electron chi connectivity index (χ4n) is 2.21. The Morgan fingerprint density at radius 3 is 2.73 bits per heavy atom. The largest absolute Gasteiger partial charge is 0.353 e.